The maximum atomic E-state index is 13.3. The molecule has 1 N–H and O–H groups in total. The number of hydrogen-bond acceptors (Lipinski definition) is 6. The lowest BCUT2D eigenvalue weighted by Gasteiger charge is -2.55. The van der Waals surface area contributed by atoms with Crippen LogP contribution in [0.1, 0.15) is 56.1 Å². The van der Waals surface area contributed by atoms with E-state index in [1.165, 1.54) is 25.3 Å². The molecule has 1 aromatic carbocycles. The highest BCUT2D eigenvalue weighted by Gasteiger charge is 2.54. The van der Waals surface area contributed by atoms with Crippen LogP contribution in [0.15, 0.2) is 23.1 Å². The molecule has 2 atom stereocenters. The second-order valence-electron chi connectivity index (χ2n) is 11.0. The van der Waals surface area contributed by atoms with E-state index in [0.717, 1.165) is 34.7 Å². The molecule has 4 saturated carbocycles. The van der Waals surface area contributed by atoms with Crippen molar-refractivity contribution in [2.45, 2.75) is 75.8 Å². The van der Waals surface area contributed by atoms with Gasteiger partial charge in [0, 0.05) is 18.4 Å². The number of aliphatic hydroxyl groups excluding tert-OH is 1. The van der Waals surface area contributed by atoms with Gasteiger partial charge in [0.05, 0.1) is 11.0 Å². The minimum atomic E-state index is -3.99. The minimum absolute atomic E-state index is 0.0166. The van der Waals surface area contributed by atoms with Crippen molar-refractivity contribution in [3.63, 3.8) is 0 Å². The number of hydrogen-bond donors (Lipinski definition) is 1. The number of ketones is 1. The Hall–Kier alpha value is -1.77. The molecule has 5 fully saturated rings. The first-order valence-corrected chi connectivity index (χ1v) is 13.5. The number of esters is 1. The Kier molecular flexibility index (Phi) is 5.69. The number of ether oxygens (including phenoxy) is 1. The maximum absolute atomic E-state index is 13.3. The first-order valence-electron chi connectivity index (χ1n) is 12.0. The number of β-amino-alcohol motifs (C(OH)–C–C–N with tert-alkyl or cyclic N) is 1. The third-order valence-corrected chi connectivity index (χ3v) is 10.4. The van der Waals surface area contributed by atoms with Gasteiger partial charge in [0.2, 0.25) is 10.0 Å². The summed E-state index contributed by atoms with van der Waals surface area (Å²) >= 11 is 0. The van der Waals surface area contributed by atoms with Crippen LogP contribution in [0.2, 0.25) is 0 Å². The lowest BCUT2D eigenvalue weighted by molar-refractivity contribution is -0.159. The molecule has 4 aliphatic carbocycles. The Labute approximate surface area is 195 Å². The molecule has 1 heterocycles. The molecule has 7 nitrogen and oxygen atoms in total. The summed E-state index contributed by atoms with van der Waals surface area (Å²) < 4.78 is 33.0. The van der Waals surface area contributed by atoms with Crippen LogP contribution in [-0.4, -0.2) is 54.9 Å². The van der Waals surface area contributed by atoms with Crippen LogP contribution in [0, 0.1) is 37.0 Å². The number of benzene rings is 1. The van der Waals surface area contributed by atoms with E-state index in [1.807, 2.05) is 13.8 Å². The van der Waals surface area contributed by atoms with Crippen LogP contribution in [0.25, 0.3) is 0 Å². The maximum Gasteiger partial charge on any atom is 0.325 e. The minimum Gasteiger partial charge on any atom is -0.456 e. The molecule has 1 aromatic rings. The van der Waals surface area contributed by atoms with Crippen molar-refractivity contribution in [3.8, 4) is 0 Å². The van der Waals surface area contributed by atoms with Gasteiger partial charge >= 0.3 is 5.97 Å². The van der Waals surface area contributed by atoms with Crippen molar-refractivity contribution >= 4 is 21.8 Å². The van der Waals surface area contributed by atoms with E-state index < -0.39 is 28.1 Å². The van der Waals surface area contributed by atoms with Crippen LogP contribution < -0.4 is 0 Å². The molecule has 8 heteroatoms. The average molecular weight is 476 g/mol. The summed E-state index contributed by atoms with van der Waals surface area (Å²) in [4.78, 5) is 26.2. The highest BCUT2D eigenvalue weighted by atomic mass is 32.2. The predicted octanol–water partition coefficient (Wildman–Crippen LogP) is 2.76. The molecule has 180 valence electrons. The number of carbonyl (C=O) groups excluding carboxylic acids is 2. The van der Waals surface area contributed by atoms with Crippen LogP contribution in [0.3, 0.4) is 0 Å². The van der Waals surface area contributed by atoms with Crippen LogP contribution in [0.4, 0.5) is 0 Å². The Morgan fingerprint density at radius 2 is 1.64 bits per heavy atom. The third kappa shape index (κ3) is 4.04. The molecule has 0 radical (unpaired) electrons. The van der Waals surface area contributed by atoms with Gasteiger partial charge in [-0.1, -0.05) is 6.07 Å². The van der Waals surface area contributed by atoms with Gasteiger partial charge in [-0.3, -0.25) is 9.59 Å². The highest BCUT2D eigenvalue weighted by molar-refractivity contribution is 7.89. The fourth-order valence-electron chi connectivity index (χ4n) is 7.11. The van der Waals surface area contributed by atoms with Gasteiger partial charge in [0.25, 0.3) is 0 Å². The van der Waals surface area contributed by atoms with Gasteiger partial charge in [0.1, 0.15) is 6.04 Å². The molecular weight excluding hydrogens is 442 g/mol. The molecule has 0 amide bonds. The first kappa shape index (κ1) is 23.0. The highest BCUT2D eigenvalue weighted by Crippen LogP contribution is 2.60. The van der Waals surface area contributed by atoms with Gasteiger partial charge in [-0.25, -0.2) is 8.42 Å². The zero-order valence-electron chi connectivity index (χ0n) is 19.3. The van der Waals surface area contributed by atoms with Crippen molar-refractivity contribution in [1.82, 2.24) is 4.31 Å². The monoisotopic (exact) mass is 475 g/mol. The Morgan fingerprint density at radius 1 is 1.03 bits per heavy atom. The summed E-state index contributed by atoms with van der Waals surface area (Å²) in [5, 5.41) is 10.2. The summed E-state index contributed by atoms with van der Waals surface area (Å²) in [6.45, 7) is 3.24. The van der Waals surface area contributed by atoms with Crippen LogP contribution >= 0.6 is 0 Å². The third-order valence-electron chi connectivity index (χ3n) is 8.57. The Bertz CT molecular complexity index is 1050. The fourth-order valence-corrected chi connectivity index (χ4v) is 8.82. The summed E-state index contributed by atoms with van der Waals surface area (Å²) in [7, 11) is -3.99. The molecule has 4 bridgehead atoms. The van der Waals surface area contributed by atoms with Gasteiger partial charge in [-0.2, -0.15) is 4.31 Å². The summed E-state index contributed by atoms with van der Waals surface area (Å²) in [5.74, 6) is 1.06. The van der Waals surface area contributed by atoms with Crippen molar-refractivity contribution in [1.29, 1.82) is 0 Å². The van der Waals surface area contributed by atoms with Crippen molar-refractivity contribution in [3.05, 3.63) is 29.3 Å². The van der Waals surface area contributed by atoms with Crippen LogP contribution in [-0.2, 0) is 24.3 Å². The standard InChI is InChI=1S/C25H33NO6S/c1-15-3-4-21(5-16(15)2)33(30,31)26-13-20(27)9-22(26)24(29)32-14-23(28)25-10-17-6-18(11-25)8-19(7-17)12-25/h3-5,17-20,22,27H,6-14H2,1-2H3/t17?,18?,19?,20-,22+,25?/m1/s1. The van der Waals surface area contributed by atoms with Gasteiger partial charge in [0.15, 0.2) is 12.4 Å². The SMILES string of the molecule is Cc1ccc(S(=O)(=O)N2C[C@H](O)C[C@H]2C(=O)OCC(=O)C23CC4CC(CC(C4)C2)C3)cc1C. The first-order chi connectivity index (χ1) is 15.6. The topological polar surface area (TPSA) is 101 Å². The quantitative estimate of drug-likeness (QED) is 0.635. The van der Waals surface area contributed by atoms with E-state index in [4.69, 9.17) is 4.74 Å². The van der Waals surface area contributed by atoms with Gasteiger partial charge in [-0.15, -0.1) is 0 Å². The van der Waals surface area contributed by atoms with Crippen molar-refractivity contribution in [2.24, 2.45) is 23.2 Å². The number of aryl methyl sites for hydroxylation is 2. The molecule has 0 aromatic heterocycles. The molecule has 6 rings (SSSR count). The van der Waals surface area contributed by atoms with E-state index >= 15 is 0 Å². The second kappa shape index (κ2) is 8.17. The number of nitrogens with zero attached hydrogens (tertiary/aromatic N) is 1. The summed E-state index contributed by atoms with van der Waals surface area (Å²) in [5.41, 5.74) is 1.43. The van der Waals surface area contributed by atoms with Crippen molar-refractivity contribution < 1.29 is 27.9 Å². The van der Waals surface area contributed by atoms with E-state index in [2.05, 4.69) is 0 Å². The van der Waals surface area contributed by atoms with E-state index in [1.54, 1.807) is 12.1 Å². The average Bonchev–Trinajstić information content (AvgIpc) is 3.15. The lowest BCUT2D eigenvalue weighted by Crippen LogP contribution is -2.51. The van der Waals surface area contributed by atoms with E-state index in [9.17, 15) is 23.1 Å². The Morgan fingerprint density at radius 3 is 2.21 bits per heavy atom. The van der Waals surface area contributed by atoms with E-state index in [-0.39, 0.29) is 35.7 Å². The molecule has 1 aliphatic heterocycles. The molecule has 5 aliphatic rings. The van der Waals surface area contributed by atoms with Gasteiger partial charge < -0.3 is 9.84 Å². The number of sulfonamides is 1. The lowest BCUT2D eigenvalue weighted by atomic mass is 9.48. The smallest absolute Gasteiger partial charge is 0.325 e. The zero-order chi connectivity index (χ0) is 23.5. The summed E-state index contributed by atoms with van der Waals surface area (Å²) in [6.07, 6.45) is 5.35. The number of carbonyl (C=O) groups is 2. The molecule has 1 saturated heterocycles. The normalized spacial score (nSPS) is 35.7. The predicted molar refractivity (Wildman–Crippen MR) is 121 cm³/mol. The van der Waals surface area contributed by atoms with Gasteiger partial charge in [-0.05, 0) is 93.4 Å². The zero-order valence-corrected chi connectivity index (χ0v) is 20.1. The number of rotatable bonds is 6. The molecule has 0 spiro atoms. The second-order valence-corrected chi connectivity index (χ2v) is 12.8. The largest absolute Gasteiger partial charge is 0.456 e. The van der Waals surface area contributed by atoms with Crippen molar-refractivity contribution in [2.75, 3.05) is 13.2 Å². The van der Waals surface area contributed by atoms with E-state index in [0.29, 0.717) is 17.8 Å². The molecular formula is C25H33NO6S. The summed E-state index contributed by atoms with van der Waals surface area (Å²) in [6, 6.07) is 3.69. The van der Waals surface area contributed by atoms with Crippen LogP contribution in [0.5, 0.6) is 0 Å². The fraction of sp³-hybridized carbons (Fsp3) is 0.680. The molecule has 0 unspecified atom stereocenters. The molecule has 33 heavy (non-hydrogen) atoms. The number of aliphatic hydroxyl groups is 1. The number of Topliss-reactive ketones (excluding diaryl/α,β-unsaturated/α-hetero) is 1. The Balaban J connectivity index is 1.28.